The second kappa shape index (κ2) is 14.7. The lowest BCUT2D eigenvalue weighted by atomic mass is 9.90. The van der Waals surface area contributed by atoms with Crippen molar-refractivity contribution in [1.29, 1.82) is 0 Å². The molecule has 3 heterocycles. The van der Waals surface area contributed by atoms with E-state index >= 15 is 0 Å². The summed E-state index contributed by atoms with van der Waals surface area (Å²) in [5, 5.41) is 4.40. The van der Waals surface area contributed by atoms with Crippen LogP contribution in [0.1, 0.15) is 0 Å². The van der Waals surface area contributed by atoms with Crippen LogP contribution >= 0.6 is 0 Å². The first-order chi connectivity index (χ1) is 30.7. The fourth-order valence-corrected chi connectivity index (χ4v) is 8.81. The van der Waals surface area contributed by atoms with Crippen LogP contribution < -0.4 is 0 Å². The summed E-state index contributed by atoms with van der Waals surface area (Å²) in [4.78, 5) is 15.0. The number of hydrogen-bond acceptors (Lipinski definition) is 5. The van der Waals surface area contributed by atoms with Crippen molar-refractivity contribution in [1.82, 2.24) is 15.0 Å². The Kier molecular flexibility index (Phi) is 8.42. The second-order valence-electron chi connectivity index (χ2n) is 15.5. The van der Waals surface area contributed by atoms with Crippen LogP contribution in [-0.2, 0) is 0 Å². The molecule has 0 aliphatic carbocycles. The topological polar surface area (TPSA) is 65.0 Å². The molecule has 5 nitrogen and oxygen atoms in total. The quantitative estimate of drug-likeness (QED) is 0.161. The number of hydrogen-bond donors (Lipinski definition) is 0. The van der Waals surface area contributed by atoms with E-state index in [1.165, 1.54) is 0 Å². The Balaban J connectivity index is 0.915. The normalized spacial score (nSPS) is 11.5. The molecule has 0 saturated carbocycles. The van der Waals surface area contributed by atoms with E-state index in [0.717, 1.165) is 105 Å². The smallest absolute Gasteiger partial charge is 0.164 e. The molecule has 0 bridgehead atoms. The molecule has 0 radical (unpaired) electrons. The van der Waals surface area contributed by atoms with Gasteiger partial charge in [-0.05, 0) is 80.9 Å². The second-order valence-corrected chi connectivity index (χ2v) is 15.5. The summed E-state index contributed by atoms with van der Waals surface area (Å²) in [6.45, 7) is 0. The van der Waals surface area contributed by atoms with Gasteiger partial charge in [0.2, 0.25) is 0 Å². The van der Waals surface area contributed by atoms with E-state index in [-0.39, 0.29) is 0 Å². The minimum Gasteiger partial charge on any atom is -0.456 e. The minimum atomic E-state index is 0.614. The molecule has 0 atom stereocenters. The van der Waals surface area contributed by atoms with Gasteiger partial charge in [0.05, 0.1) is 0 Å². The third-order valence-electron chi connectivity index (χ3n) is 11.8. The van der Waals surface area contributed by atoms with E-state index in [4.69, 9.17) is 23.8 Å². The van der Waals surface area contributed by atoms with Crippen molar-refractivity contribution >= 4 is 43.9 Å². The van der Waals surface area contributed by atoms with Gasteiger partial charge in [0.25, 0.3) is 0 Å². The van der Waals surface area contributed by atoms with E-state index in [2.05, 4.69) is 164 Å². The highest BCUT2D eigenvalue weighted by atomic mass is 16.3. The van der Waals surface area contributed by atoms with Gasteiger partial charge in [-0.1, -0.05) is 176 Å². The molecule has 290 valence electrons. The summed E-state index contributed by atoms with van der Waals surface area (Å²) >= 11 is 0. The first-order valence-corrected chi connectivity index (χ1v) is 20.8. The maximum atomic E-state index is 6.64. The van der Waals surface area contributed by atoms with Crippen molar-refractivity contribution in [3.05, 3.63) is 212 Å². The van der Waals surface area contributed by atoms with Gasteiger partial charge in [-0.15, -0.1) is 0 Å². The van der Waals surface area contributed by atoms with Crippen LogP contribution in [0, 0.1) is 0 Å². The largest absolute Gasteiger partial charge is 0.456 e. The molecule has 5 heteroatoms. The van der Waals surface area contributed by atoms with Crippen LogP contribution in [0.5, 0.6) is 0 Å². The van der Waals surface area contributed by atoms with E-state index in [0.29, 0.717) is 17.5 Å². The molecular weight excluding hydrogens is 759 g/mol. The first-order valence-electron chi connectivity index (χ1n) is 20.8. The van der Waals surface area contributed by atoms with Crippen LogP contribution in [0.2, 0.25) is 0 Å². The lowest BCUT2D eigenvalue weighted by molar-refractivity contribution is 0.668. The Hall–Kier alpha value is -8.41. The zero-order valence-electron chi connectivity index (χ0n) is 33.4. The number of rotatable bonds is 7. The average molecular weight is 794 g/mol. The zero-order valence-corrected chi connectivity index (χ0v) is 33.4. The lowest BCUT2D eigenvalue weighted by Gasteiger charge is -2.12. The molecule has 12 aromatic rings. The van der Waals surface area contributed by atoms with Gasteiger partial charge in [0.15, 0.2) is 17.5 Å². The van der Waals surface area contributed by atoms with Crippen molar-refractivity contribution in [3.8, 4) is 78.7 Å². The van der Waals surface area contributed by atoms with E-state index in [1.807, 2.05) is 48.5 Å². The number of furan rings is 2. The zero-order chi connectivity index (χ0) is 41.0. The predicted octanol–water partition coefficient (Wildman–Crippen LogP) is 15.3. The molecule has 0 aliphatic rings. The van der Waals surface area contributed by atoms with E-state index in [1.54, 1.807) is 0 Å². The molecule has 62 heavy (non-hydrogen) atoms. The Bertz CT molecular complexity index is 3630. The van der Waals surface area contributed by atoms with Crippen LogP contribution in [-0.4, -0.2) is 15.0 Å². The van der Waals surface area contributed by atoms with Crippen molar-refractivity contribution in [2.75, 3.05) is 0 Å². The molecule has 0 N–H and O–H groups in total. The highest BCUT2D eigenvalue weighted by molar-refractivity contribution is 6.17. The van der Waals surface area contributed by atoms with Crippen LogP contribution in [0.4, 0.5) is 0 Å². The van der Waals surface area contributed by atoms with Crippen LogP contribution in [0.25, 0.3) is 123 Å². The lowest BCUT2D eigenvalue weighted by Crippen LogP contribution is -2.00. The Labute approximate surface area is 357 Å². The highest BCUT2D eigenvalue weighted by Gasteiger charge is 2.20. The fraction of sp³-hybridized carbons (Fsp3) is 0. The van der Waals surface area contributed by atoms with Crippen LogP contribution in [0.3, 0.4) is 0 Å². The fourth-order valence-electron chi connectivity index (χ4n) is 8.81. The van der Waals surface area contributed by atoms with Crippen molar-refractivity contribution in [3.63, 3.8) is 0 Å². The number of aromatic nitrogens is 3. The Morgan fingerprint density at radius 1 is 0.242 bits per heavy atom. The van der Waals surface area contributed by atoms with Gasteiger partial charge in [-0.2, -0.15) is 0 Å². The Morgan fingerprint density at radius 3 is 1.32 bits per heavy atom. The maximum Gasteiger partial charge on any atom is 0.164 e. The van der Waals surface area contributed by atoms with Gasteiger partial charge in [-0.3, -0.25) is 0 Å². The number of benzene rings is 9. The summed E-state index contributed by atoms with van der Waals surface area (Å²) in [5.74, 6) is 1.87. The number of para-hydroxylation sites is 1. The monoisotopic (exact) mass is 793 g/mol. The molecule has 0 saturated heterocycles. The number of nitrogens with zero attached hydrogens (tertiary/aromatic N) is 3. The molecule has 3 aromatic heterocycles. The first kappa shape index (κ1) is 35.5. The summed E-state index contributed by atoms with van der Waals surface area (Å²) in [7, 11) is 0. The summed E-state index contributed by atoms with van der Waals surface area (Å²) in [6, 6.07) is 73.3. The molecule has 12 rings (SSSR count). The minimum absolute atomic E-state index is 0.614. The molecule has 9 aromatic carbocycles. The molecule has 0 aliphatic heterocycles. The third kappa shape index (κ3) is 6.14. The number of fused-ring (bicyclic) bond motifs is 6. The van der Waals surface area contributed by atoms with E-state index < -0.39 is 0 Å². The molecule has 0 amide bonds. The molecule has 0 fully saturated rings. The Morgan fingerprint density at radius 2 is 0.645 bits per heavy atom. The predicted molar refractivity (Wildman–Crippen MR) is 252 cm³/mol. The van der Waals surface area contributed by atoms with E-state index in [9.17, 15) is 0 Å². The van der Waals surface area contributed by atoms with Crippen molar-refractivity contribution in [2.24, 2.45) is 0 Å². The van der Waals surface area contributed by atoms with Crippen molar-refractivity contribution < 1.29 is 8.83 Å². The summed E-state index contributed by atoms with van der Waals surface area (Å²) < 4.78 is 12.9. The summed E-state index contributed by atoms with van der Waals surface area (Å²) in [6.07, 6.45) is 0. The molecule has 0 unspecified atom stereocenters. The third-order valence-corrected chi connectivity index (χ3v) is 11.8. The SMILES string of the molecule is c1ccc(-c2cccc(-c3nc(-c4ccccc4)nc(-c4ccc(-c5ccc6c(c5)oc5cccc(-c7ccccc7-c7cccc8oc9ccccc9c78)c56)cc4)n3)c2)cc1. The van der Waals surface area contributed by atoms with Crippen molar-refractivity contribution in [2.45, 2.75) is 0 Å². The standard InChI is InChI=1S/C57H35N3O2/c1-3-14-36(15-4-1)40-18-11-19-42(34-40)57-59-55(38-16-5-2-6-17-38)58-56(60-57)39-30-28-37(29-31-39)41-32-33-48-52(35-41)62-51-27-13-24-46(54(48)51)44-21-8-7-20-43(44)45-23-12-26-50-53(45)47-22-9-10-25-49(47)61-50/h1-35H. The summed E-state index contributed by atoms with van der Waals surface area (Å²) in [5.41, 5.74) is 15.1. The van der Waals surface area contributed by atoms with Crippen LogP contribution in [0.15, 0.2) is 221 Å². The van der Waals surface area contributed by atoms with Gasteiger partial charge in [-0.25, -0.2) is 15.0 Å². The van der Waals surface area contributed by atoms with Gasteiger partial charge >= 0.3 is 0 Å². The molecule has 0 spiro atoms. The van der Waals surface area contributed by atoms with Gasteiger partial charge in [0.1, 0.15) is 22.3 Å². The average Bonchev–Trinajstić information content (AvgIpc) is 3.93. The maximum absolute atomic E-state index is 6.64. The van der Waals surface area contributed by atoms with Gasteiger partial charge in [0, 0.05) is 38.2 Å². The highest BCUT2D eigenvalue weighted by Crippen LogP contribution is 2.44. The molecular formula is C57H35N3O2. The van der Waals surface area contributed by atoms with Gasteiger partial charge < -0.3 is 8.83 Å².